The van der Waals surface area contributed by atoms with Crippen LogP contribution in [0.25, 0.3) is 0 Å². The molecule has 8 nitrogen and oxygen atoms in total. The molecule has 6 N–H and O–H groups in total. The van der Waals surface area contributed by atoms with Crippen LogP contribution in [0.3, 0.4) is 0 Å². The fraction of sp³-hybridized carbons (Fsp3) is 0.455. The van der Waals surface area contributed by atoms with Crippen LogP contribution >= 0.6 is 0 Å². The van der Waals surface area contributed by atoms with E-state index in [4.69, 9.17) is 9.47 Å². The molecular formula is C22H28O8. The van der Waals surface area contributed by atoms with Crippen molar-refractivity contribution in [1.29, 1.82) is 0 Å². The van der Waals surface area contributed by atoms with Crippen molar-refractivity contribution in [2.24, 2.45) is 0 Å². The molecule has 0 aromatic heterocycles. The molecule has 1 saturated heterocycles. The summed E-state index contributed by atoms with van der Waals surface area (Å²) < 4.78 is 10.7. The third-order valence-corrected chi connectivity index (χ3v) is 5.50. The van der Waals surface area contributed by atoms with Crippen molar-refractivity contribution < 1.29 is 40.1 Å². The Hall–Kier alpha value is -2.04. The van der Waals surface area contributed by atoms with E-state index < -0.39 is 36.3 Å². The normalized spacial score (nSPS) is 30.1. The summed E-state index contributed by atoms with van der Waals surface area (Å²) in [6, 6.07) is 12.1. The number of methoxy groups -OCH3 is 1. The molecule has 0 saturated carbocycles. The lowest BCUT2D eigenvalue weighted by molar-refractivity contribution is -0.364. The molecule has 2 aromatic rings. The highest BCUT2D eigenvalue weighted by molar-refractivity contribution is 5.40. The quantitative estimate of drug-likeness (QED) is 0.377. The van der Waals surface area contributed by atoms with Gasteiger partial charge in [0.05, 0.1) is 19.8 Å². The van der Waals surface area contributed by atoms with Crippen LogP contribution < -0.4 is 4.74 Å². The Morgan fingerprint density at radius 1 is 1.03 bits per heavy atom. The topological polar surface area (TPSA) is 140 Å². The molecule has 1 aliphatic heterocycles. The summed E-state index contributed by atoms with van der Waals surface area (Å²) in [6.07, 6.45) is -7.44. The van der Waals surface area contributed by atoms with E-state index >= 15 is 0 Å². The molecular weight excluding hydrogens is 392 g/mol. The molecule has 6 atom stereocenters. The zero-order chi connectivity index (χ0) is 22.1. The molecule has 1 aliphatic rings. The zero-order valence-electron chi connectivity index (χ0n) is 16.8. The highest BCUT2D eigenvalue weighted by atomic mass is 16.7. The van der Waals surface area contributed by atoms with Crippen LogP contribution in [0.2, 0.25) is 0 Å². The molecule has 0 aliphatic carbocycles. The van der Waals surface area contributed by atoms with Gasteiger partial charge >= 0.3 is 0 Å². The zero-order valence-corrected chi connectivity index (χ0v) is 16.8. The molecule has 2 aromatic carbocycles. The molecule has 0 radical (unpaired) electrons. The predicted molar refractivity (Wildman–Crippen MR) is 107 cm³/mol. The summed E-state index contributed by atoms with van der Waals surface area (Å²) in [5.41, 5.74) is 2.05. The molecule has 3 rings (SSSR count). The van der Waals surface area contributed by atoms with Crippen LogP contribution in [-0.2, 0) is 23.6 Å². The first-order valence-corrected chi connectivity index (χ1v) is 9.69. The van der Waals surface area contributed by atoms with E-state index in [1.807, 2.05) is 12.1 Å². The van der Waals surface area contributed by atoms with Crippen molar-refractivity contribution in [2.75, 3.05) is 7.11 Å². The standard InChI is InChI=1S/C22H28O8/c1-12(24)20-18(25)19(26)21(27)22(28,30-20)17-10-14(11-23)3-6-15(17)9-13-4-7-16(29-2)8-5-13/h3-8,10,12,18-21,23-28H,9,11H2,1-2H3/t12-,18+,19+,20-,21-,22-/m1/s1. The summed E-state index contributed by atoms with van der Waals surface area (Å²) in [5, 5.41) is 61.9. The molecule has 164 valence electrons. The highest BCUT2D eigenvalue weighted by Crippen LogP contribution is 2.39. The summed E-state index contributed by atoms with van der Waals surface area (Å²) in [7, 11) is 1.57. The Bertz CT molecular complexity index is 853. The van der Waals surface area contributed by atoms with Gasteiger partial charge in [-0.1, -0.05) is 24.3 Å². The van der Waals surface area contributed by atoms with E-state index in [1.54, 1.807) is 31.4 Å². The van der Waals surface area contributed by atoms with E-state index in [9.17, 15) is 30.6 Å². The van der Waals surface area contributed by atoms with E-state index in [0.29, 0.717) is 23.3 Å². The first-order chi connectivity index (χ1) is 14.2. The van der Waals surface area contributed by atoms with Gasteiger partial charge in [-0.05, 0) is 48.2 Å². The summed E-state index contributed by atoms with van der Waals surface area (Å²) in [5.74, 6) is -1.72. The van der Waals surface area contributed by atoms with Crippen molar-refractivity contribution in [3.63, 3.8) is 0 Å². The van der Waals surface area contributed by atoms with E-state index in [2.05, 4.69) is 0 Å². The Labute approximate surface area is 174 Å². The molecule has 0 amide bonds. The second-order valence-electron chi connectivity index (χ2n) is 7.62. The average Bonchev–Trinajstić information content (AvgIpc) is 2.75. The van der Waals surface area contributed by atoms with Gasteiger partial charge in [-0.3, -0.25) is 0 Å². The second-order valence-corrected chi connectivity index (χ2v) is 7.62. The molecule has 1 fully saturated rings. The van der Waals surface area contributed by atoms with Crippen LogP contribution in [0, 0.1) is 0 Å². The lowest BCUT2D eigenvalue weighted by atomic mass is 9.83. The fourth-order valence-corrected chi connectivity index (χ4v) is 3.74. The van der Waals surface area contributed by atoms with E-state index in [-0.39, 0.29) is 12.2 Å². The van der Waals surface area contributed by atoms with Gasteiger partial charge in [0.15, 0.2) is 0 Å². The number of benzene rings is 2. The minimum atomic E-state index is -2.41. The van der Waals surface area contributed by atoms with Gasteiger partial charge in [0.1, 0.15) is 30.2 Å². The van der Waals surface area contributed by atoms with Gasteiger partial charge in [0, 0.05) is 5.56 Å². The van der Waals surface area contributed by atoms with Crippen LogP contribution in [0.15, 0.2) is 42.5 Å². The van der Waals surface area contributed by atoms with Gasteiger partial charge in [-0.15, -0.1) is 0 Å². The number of aliphatic hydroxyl groups is 6. The Balaban J connectivity index is 2.05. The van der Waals surface area contributed by atoms with Gasteiger partial charge in [-0.2, -0.15) is 0 Å². The summed E-state index contributed by atoms with van der Waals surface area (Å²) in [4.78, 5) is 0. The van der Waals surface area contributed by atoms with Crippen molar-refractivity contribution in [3.8, 4) is 5.75 Å². The molecule has 8 heteroatoms. The van der Waals surface area contributed by atoms with Crippen LogP contribution in [0.5, 0.6) is 5.75 Å². The number of hydrogen-bond donors (Lipinski definition) is 6. The monoisotopic (exact) mass is 420 g/mol. The molecule has 30 heavy (non-hydrogen) atoms. The number of rotatable bonds is 6. The molecule has 1 heterocycles. The maximum Gasteiger partial charge on any atom is 0.222 e. The van der Waals surface area contributed by atoms with Crippen LogP contribution in [0.1, 0.15) is 29.2 Å². The predicted octanol–water partition coefficient (Wildman–Crippen LogP) is -0.214. The number of hydrogen-bond acceptors (Lipinski definition) is 8. The first-order valence-electron chi connectivity index (χ1n) is 9.69. The van der Waals surface area contributed by atoms with Crippen molar-refractivity contribution in [2.45, 2.75) is 56.3 Å². The lowest BCUT2D eigenvalue weighted by Crippen LogP contribution is -2.65. The lowest BCUT2D eigenvalue weighted by Gasteiger charge is -2.47. The van der Waals surface area contributed by atoms with Crippen LogP contribution in [0.4, 0.5) is 0 Å². The minimum absolute atomic E-state index is 0.133. The third kappa shape index (κ3) is 4.21. The van der Waals surface area contributed by atoms with E-state index in [1.165, 1.54) is 13.0 Å². The molecule has 0 bridgehead atoms. The van der Waals surface area contributed by atoms with Crippen molar-refractivity contribution in [1.82, 2.24) is 0 Å². The fourth-order valence-electron chi connectivity index (χ4n) is 3.74. The average molecular weight is 420 g/mol. The number of ether oxygens (including phenoxy) is 2. The second kappa shape index (κ2) is 8.99. The maximum atomic E-state index is 11.3. The Morgan fingerprint density at radius 2 is 1.67 bits per heavy atom. The smallest absolute Gasteiger partial charge is 0.222 e. The SMILES string of the molecule is COc1ccc(Cc2ccc(CO)cc2[C@@]2(O)O[C@H]([C@@H](C)O)[C@@H](O)[C@H](O)[C@H]2O)cc1. The third-order valence-electron chi connectivity index (χ3n) is 5.50. The van der Waals surface area contributed by atoms with Gasteiger partial charge in [-0.25, -0.2) is 0 Å². The van der Waals surface area contributed by atoms with Crippen molar-refractivity contribution in [3.05, 3.63) is 64.7 Å². The van der Waals surface area contributed by atoms with Gasteiger partial charge in [0.25, 0.3) is 0 Å². The van der Waals surface area contributed by atoms with Gasteiger partial charge < -0.3 is 40.1 Å². The van der Waals surface area contributed by atoms with Gasteiger partial charge in [0.2, 0.25) is 5.79 Å². The minimum Gasteiger partial charge on any atom is -0.497 e. The molecule has 0 spiro atoms. The highest BCUT2D eigenvalue weighted by Gasteiger charge is 2.55. The van der Waals surface area contributed by atoms with E-state index in [0.717, 1.165) is 5.56 Å². The van der Waals surface area contributed by atoms with Crippen molar-refractivity contribution >= 4 is 0 Å². The first kappa shape index (κ1) is 22.6. The Kier molecular flexibility index (Phi) is 6.78. The maximum absolute atomic E-state index is 11.3. The largest absolute Gasteiger partial charge is 0.497 e. The van der Waals surface area contributed by atoms with Crippen LogP contribution in [-0.4, -0.2) is 68.3 Å². The number of aliphatic hydroxyl groups excluding tert-OH is 5. The Morgan fingerprint density at radius 3 is 2.23 bits per heavy atom. The summed E-state index contributed by atoms with van der Waals surface area (Å²) in [6.45, 7) is 1.04. The molecule has 0 unspecified atom stereocenters. The summed E-state index contributed by atoms with van der Waals surface area (Å²) >= 11 is 0.